The van der Waals surface area contributed by atoms with Gasteiger partial charge in [-0.2, -0.15) is 0 Å². The summed E-state index contributed by atoms with van der Waals surface area (Å²) in [7, 11) is -4.75. The van der Waals surface area contributed by atoms with Crippen LogP contribution in [0.3, 0.4) is 0 Å². The molecule has 1 N–H and O–H groups in total. The molecule has 5 aliphatic rings. The first kappa shape index (κ1) is 31.1. The molecule has 240 valence electrons. The van der Waals surface area contributed by atoms with Gasteiger partial charge in [0.15, 0.2) is 0 Å². The molecule has 4 bridgehead atoms. The van der Waals surface area contributed by atoms with Gasteiger partial charge in [-0.1, -0.05) is 61.6 Å². The molecule has 2 saturated heterocycles. The molecule has 3 fully saturated rings. The Kier molecular flexibility index (Phi) is 8.73. The van der Waals surface area contributed by atoms with E-state index in [4.69, 9.17) is 9.26 Å². The van der Waals surface area contributed by atoms with Crippen molar-refractivity contribution in [3.63, 3.8) is 0 Å². The molecule has 3 heterocycles. The van der Waals surface area contributed by atoms with Crippen LogP contribution in [0.1, 0.15) is 80.6 Å². The van der Waals surface area contributed by atoms with Gasteiger partial charge in [0.05, 0.1) is 16.6 Å². The molecule has 0 radical (unpaired) electrons. The topological polar surface area (TPSA) is 111 Å². The van der Waals surface area contributed by atoms with Crippen molar-refractivity contribution in [1.82, 2.24) is 14.5 Å². The molecule has 1 unspecified atom stereocenters. The van der Waals surface area contributed by atoms with Crippen LogP contribution in [0.15, 0.2) is 71.5 Å². The normalized spacial score (nSPS) is 29.1. The van der Waals surface area contributed by atoms with Crippen molar-refractivity contribution in [3.05, 3.63) is 82.7 Å². The number of ether oxygens (including phenoxy) is 1. The highest BCUT2D eigenvalue weighted by Gasteiger charge is 2.45. The third kappa shape index (κ3) is 6.12. The first-order chi connectivity index (χ1) is 22.3. The Bertz CT molecular complexity index is 1800. The molecule has 46 heavy (non-hydrogen) atoms. The van der Waals surface area contributed by atoms with Crippen molar-refractivity contribution in [2.75, 3.05) is 6.79 Å². The van der Waals surface area contributed by atoms with E-state index in [1.54, 1.807) is 47.0 Å². The van der Waals surface area contributed by atoms with Gasteiger partial charge in [-0.15, -0.1) is 0 Å². The molecule has 3 aromatic rings. The van der Waals surface area contributed by atoms with Crippen molar-refractivity contribution in [1.29, 1.82) is 0 Å². The molecular formula is C36H40N3O6P. The zero-order valence-electron chi connectivity index (χ0n) is 25.9. The van der Waals surface area contributed by atoms with Crippen LogP contribution >= 0.6 is 7.60 Å². The molecular weight excluding hydrogens is 601 g/mol. The fraction of sp³-hybridized carbons (Fsp3) is 0.472. The monoisotopic (exact) mass is 641 g/mol. The maximum absolute atomic E-state index is 14.1. The maximum atomic E-state index is 14.1. The minimum atomic E-state index is -4.75. The third-order valence-corrected chi connectivity index (χ3v) is 11.7. The van der Waals surface area contributed by atoms with Crippen LogP contribution in [0.25, 0.3) is 11.0 Å². The lowest BCUT2D eigenvalue weighted by molar-refractivity contribution is -0.0308. The van der Waals surface area contributed by atoms with Crippen molar-refractivity contribution in [2.45, 2.75) is 88.4 Å². The summed E-state index contributed by atoms with van der Waals surface area (Å²) in [6, 6.07) is 16.4. The summed E-state index contributed by atoms with van der Waals surface area (Å²) in [4.78, 5) is 44.6. The number of fused-ring (bicyclic) bond motifs is 9. The number of benzene rings is 2. The van der Waals surface area contributed by atoms with Gasteiger partial charge in [-0.05, 0) is 87.1 Å². The smallest absolute Gasteiger partial charge is 0.385 e. The lowest BCUT2D eigenvalue weighted by Crippen LogP contribution is -2.58. The highest BCUT2D eigenvalue weighted by atomic mass is 31.2. The summed E-state index contributed by atoms with van der Waals surface area (Å²) >= 11 is 0. The largest absolute Gasteiger partial charge is 0.434 e. The van der Waals surface area contributed by atoms with E-state index in [1.165, 1.54) is 6.42 Å². The summed E-state index contributed by atoms with van der Waals surface area (Å²) in [5.74, 6) is 7.02. The molecule has 0 amide bonds. The van der Waals surface area contributed by atoms with Gasteiger partial charge >= 0.3 is 13.6 Å². The highest BCUT2D eigenvalue weighted by molar-refractivity contribution is 7.60. The van der Waals surface area contributed by atoms with Gasteiger partial charge in [0.1, 0.15) is 0 Å². The fourth-order valence-corrected chi connectivity index (χ4v) is 9.24. The predicted molar refractivity (Wildman–Crippen MR) is 176 cm³/mol. The molecule has 7 atom stereocenters. The Morgan fingerprint density at radius 1 is 0.935 bits per heavy atom. The van der Waals surface area contributed by atoms with Crippen LogP contribution in [0.4, 0.5) is 0 Å². The number of aromatic nitrogens is 2. The predicted octanol–water partition coefficient (Wildman–Crippen LogP) is 5.73. The number of esters is 1. The van der Waals surface area contributed by atoms with E-state index >= 15 is 0 Å². The number of hydrogen-bond donors (Lipinski definition) is 1. The second-order valence-corrected chi connectivity index (χ2v) is 14.9. The minimum Gasteiger partial charge on any atom is -0.434 e. The molecule has 3 aliphatic carbocycles. The van der Waals surface area contributed by atoms with E-state index in [1.807, 2.05) is 12.1 Å². The van der Waals surface area contributed by atoms with Crippen molar-refractivity contribution < 1.29 is 23.5 Å². The first-order valence-corrected chi connectivity index (χ1v) is 18.1. The number of nitrogens with zero attached hydrogens (tertiary/aromatic N) is 3. The molecule has 1 aromatic heterocycles. The minimum absolute atomic E-state index is 0.163. The van der Waals surface area contributed by atoms with E-state index in [0.29, 0.717) is 41.0 Å². The van der Waals surface area contributed by atoms with E-state index < -0.39 is 31.4 Å². The number of piperidine rings is 2. The van der Waals surface area contributed by atoms with Crippen LogP contribution in [-0.4, -0.2) is 50.2 Å². The van der Waals surface area contributed by atoms with Crippen LogP contribution in [-0.2, 0) is 13.8 Å². The number of rotatable bonds is 7. The molecule has 2 aromatic carbocycles. The average molecular weight is 642 g/mol. The van der Waals surface area contributed by atoms with Gasteiger partial charge in [0.25, 0.3) is 5.56 Å². The Morgan fingerprint density at radius 2 is 1.65 bits per heavy atom. The van der Waals surface area contributed by atoms with Crippen LogP contribution in [0.5, 0.6) is 0 Å². The molecule has 2 aliphatic heterocycles. The van der Waals surface area contributed by atoms with Crippen LogP contribution < -0.4 is 11.0 Å². The molecule has 9 nitrogen and oxygen atoms in total. The van der Waals surface area contributed by atoms with Crippen LogP contribution in [0, 0.1) is 23.7 Å². The Morgan fingerprint density at radius 3 is 2.43 bits per heavy atom. The van der Waals surface area contributed by atoms with E-state index in [0.717, 1.165) is 63.4 Å². The second-order valence-electron chi connectivity index (χ2n) is 13.2. The Hall–Kier alpha value is -3.54. The highest BCUT2D eigenvalue weighted by Crippen LogP contribution is 2.45. The van der Waals surface area contributed by atoms with Gasteiger partial charge in [0, 0.05) is 30.1 Å². The van der Waals surface area contributed by atoms with Gasteiger partial charge in [-0.3, -0.25) is 18.8 Å². The molecule has 10 heteroatoms. The summed E-state index contributed by atoms with van der Waals surface area (Å²) in [6.07, 6.45) is 10.5. The fourth-order valence-electron chi connectivity index (χ4n) is 8.34. The number of carbonyl (C=O) groups is 1. The summed E-state index contributed by atoms with van der Waals surface area (Å²) in [5, 5.41) is 0. The SMILES string of the molecule is C=C1C#C[C@H]2CCC[C@@H]1C[C@@H](N1[C@@H]3CCC[C@H]1C[C@@H](n1c(=O)c(P(=O)(O)OCOC(=O)c4ccccc4)nc4ccccc41)C3)C2. The number of para-hydroxylation sites is 2. The standard InChI is InChI=1S/C36H40N3O6P/c1-24-17-18-25-9-7-12-27(24)20-30(19-25)38-28-13-8-14-29(38)22-31(21-28)39-33-16-6-5-15-32(33)37-34(35(39)40)46(42,43)45-23-44-36(41)26-10-3-2-4-11-26/h2-6,10-11,15-16,25,27-31H,1,7-9,12-14,19-23H2,(H,42,43)/t25-,27-,28-,29+,30+,31+/m1/s1. The van der Waals surface area contributed by atoms with E-state index in [-0.39, 0.29) is 11.6 Å². The third-order valence-electron chi connectivity index (χ3n) is 10.4. The van der Waals surface area contributed by atoms with Gasteiger partial charge in [-0.25, -0.2) is 9.78 Å². The second kappa shape index (κ2) is 12.9. The molecule has 1 saturated carbocycles. The van der Waals surface area contributed by atoms with Crippen molar-refractivity contribution >= 4 is 30.0 Å². The van der Waals surface area contributed by atoms with Crippen molar-refractivity contribution in [2.24, 2.45) is 11.8 Å². The Balaban J connectivity index is 1.16. The summed E-state index contributed by atoms with van der Waals surface area (Å²) < 4.78 is 25.5. The van der Waals surface area contributed by atoms with Gasteiger partial charge in [0.2, 0.25) is 12.2 Å². The zero-order valence-corrected chi connectivity index (χ0v) is 26.8. The number of allylic oxidation sites excluding steroid dienone is 1. The number of hydrogen-bond acceptors (Lipinski definition) is 7. The molecule has 0 spiro atoms. The summed E-state index contributed by atoms with van der Waals surface area (Å²) in [6.45, 7) is 3.54. The quantitative estimate of drug-likeness (QED) is 0.151. The van der Waals surface area contributed by atoms with Crippen LogP contribution in [0.2, 0.25) is 0 Å². The lowest BCUT2D eigenvalue weighted by Gasteiger charge is -2.54. The zero-order chi connectivity index (χ0) is 31.8. The summed E-state index contributed by atoms with van der Waals surface area (Å²) in [5.41, 5.74) is 1.25. The first-order valence-electron chi connectivity index (χ1n) is 16.5. The average Bonchev–Trinajstić information content (AvgIpc) is 3.02. The molecule has 8 rings (SSSR count). The van der Waals surface area contributed by atoms with Gasteiger partial charge < -0.3 is 14.2 Å². The number of carbonyl (C=O) groups excluding carboxylic acids is 1. The van der Waals surface area contributed by atoms with Crippen molar-refractivity contribution in [3.8, 4) is 11.8 Å². The van der Waals surface area contributed by atoms with E-state index in [9.17, 15) is 19.0 Å². The Labute approximate surface area is 269 Å². The maximum Gasteiger partial charge on any atom is 0.385 e. The lowest BCUT2D eigenvalue weighted by atomic mass is 9.74. The van der Waals surface area contributed by atoms with E-state index in [2.05, 4.69) is 28.3 Å².